The smallest absolute Gasteiger partial charge is 0.171 e. The first-order valence-electron chi connectivity index (χ1n) is 8.57. The van der Waals surface area contributed by atoms with Crippen molar-refractivity contribution in [3.05, 3.63) is 29.3 Å². The van der Waals surface area contributed by atoms with Gasteiger partial charge in [-0.25, -0.2) is 9.19 Å². The normalized spacial score (nSPS) is 16.1. The van der Waals surface area contributed by atoms with E-state index in [0.717, 1.165) is 15.8 Å². The number of aromatic nitrogens is 1. The number of rotatable bonds is 10. The minimum absolute atomic E-state index is 0.0157. The Balaban J connectivity index is 2.22. The molecule has 1 aromatic carbocycles. The summed E-state index contributed by atoms with van der Waals surface area (Å²) in [5.74, 6) is 0.139. The van der Waals surface area contributed by atoms with Crippen LogP contribution in [0.4, 0.5) is 0 Å². The molecule has 0 saturated heterocycles. The molecule has 0 bridgehead atoms. The Labute approximate surface area is 162 Å². The number of methoxy groups -OCH3 is 2. The van der Waals surface area contributed by atoms with Gasteiger partial charge in [0.05, 0.1) is 37.5 Å². The van der Waals surface area contributed by atoms with Crippen molar-refractivity contribution in [3.63, 3.8) is 0 Å². The summed E-state index contributed by atoms with van der Waals surface area (Å²) >= 11 is 1.63. The van der Waals surface area contributed by atoms with Gasteiger partial charge < -0.3 is 14.8 Å². The third-order valence-corrected chi connectivity index (χ3v) is 6.73. The summed E-state index contributed by atoms with van der Waals surface area (Å²) in [5.41, 5.74) is 4.00. The molecule has 8 heteroatoms. The van der Waals surface area contributed by atoms with E-state index in [-0.39, 0.29) is 18.2 Å². The molecule has 146 valence electrons. The van der Waals surface area contributed by atoms with Crippen LogP contribution in [0.25, 0.3) is 10.2 Å². The van der Waals surface area contributed by atoms with Gasteiger partial charge in [-0.3, -0.25) is 5.14 Å². The molecule has 6 nitrogen and oxygen atoms in total. The maximum Gasteiger partial charge on any atom is 0.171 e. The topological polar surface area (TPSA) is 86.5 Å². The highest BCUT2D eigenvalue weighted by Gasteiger charge is 2.29. The lowest BCUT2D eigenvalue weighted by atomic mass is 9.89. The SMILES string of the molecule is COC(OC)C(C)NCC(CC(C)(C)S(N)=O)c1ccc2scnc2c1. The van der Waals surface area contributed by atoms with E-state index in [1.165, 1.54) is 0 Å². The highest BCUT2D eigenvalue weighted by atomic mass is 32.2. The third kappa shape index (κ3) is 5.31. The molecular formula is C18H29N3O3S2. The quantitative estimate of drug-likeness (QED) is 0.600. The molecule has 0 aliphatic heterocycles. The highest BCUT2D eigenvalue weighted by Crippen LogP contribution is 2.31. The molecule has 0 aliphatic carbocycles. The summed E-state index contributed by atoms with van der Waals surface area (Å²) in [7, 11) is 1.84. The van der Waals surface area contributed by atoms with E-state index in [1.54, 1.807) is 25.6 Å². The van der Waals surface area contributed by atoms with Crippen molar-refractivity contribution < 1.29 is 13.7 Å². The van der Waals surface area contributed by atoms with Crippen molar-refractivity contribution in [2.24, 2.45) is 5.14 Å². The number of thiazole rings is 1. The van der Waals surface area contributed by atoms with Gasteiger partial charge in [0.25, 0.3) is 0 Å². The Morgan fingerprint density at radius 3 is 2.65 bits per heavy atom. The molecule has 2 aromatic rings. The summed E-state index contributed by atoms with van der Waals surface area (Å²) < 4.78 is 23.3. The first-order chi connectivity index (χ1) is 12.3. The van der Waals surface area contributed by atoms with Crippen molar-refractivity contribution in [1.29, 1.82) is 0 Å². The Hall–Kier alpha value is -0.900. The van der Waals surface area contributed by atoms with Gasteiger partial charge in [0.1, 0.15) is 0 Å². The minimum atomic E-state index is -1.41. The van der Waals surface area contributed by atoms with E-state index in [9.17, 15) is 4.21 Å². The molecule has 3 atom stereocenters. The molecular weight excluding hydrogens is 370 g/mol. The van der Waals surface area contributed by atoms with Crippen LogP contribution in [0.5, 0.6) is 0 Å². The predicted octanol–water partition coefficient (Wildman–Crippen LogP) is 2.77. The molecule has 3 unspecified atom stereocenters. The number of hydrogen-bond acceptors (Lipinski definition) is 6. The highest BCUT2D eigenvalue weighted by molar-refractivity contribution is 7.84. The Bertz CT molecular complexity index is 731. The van der Waals surface area contributed by atoms with E-state index in [4.69, 9.17) is 14.6 Å². The van der Waals surface area contributed by atoms with Crippen LogP contribution in [0.1, 0.15) is 38.7 Å². The number of nitrogens with zero attached hydrogens (tertiary/aromatic N) is 1. The maximum atomic E-state index is 12.0. The Morgan fingerprint density at radius 2 is 2.04 bits per heavy atom. The van der Waals surface area contributed by atoms with Gasteiger partial charge in [0, 0.05) is 20.8 Å². The first-order valence-corrected chi connectivity index (χ1v) is 10.7. The fourth-order valence-corrected chi connectivity index (χ4v) is 4.07. The fraction of sp³-hybridized carbons (Fsp3) is 0.611. The van der Waals surface area contributed by atoms with Crippen molar-refractivity contribution in [2.75, 3.05) is 20.8 Å². The average molecular weight is 400 g/mol. The fourth-order valence-electron chi connectivity index (χ4n) is 3.04. The minimum Gasteiger partial charge on any atom is -0.354 e. The van der Waals surface area contributed by atoms with Gasteiger partial charge in [-0.05, 0) is 50.8 Å². The molecule has 1 heterocycles. The van der Waals surface area contributed by atoms with Gasteiger partial charge in [-0.1, -0.05) is 6.07 Å². The number of benzene rings is 1. The van der Waals surface area contributed by atoms with Gasteiger partial charge in [-0.15, -0.1) is 11.3 Å². The van der Waals surface area contributed by atoms with Crippen LogP contribution in [0, 0.1) is 0 Å². The lowest BCUT2D eigenvalue weighted by Gasteiger charge is -2.30. The zero-order valence-electron chi connectivity index (χ0n) is 16.0. The largest absolute Gasteiger partial charge is 0.354 e. The number of hydrogen-bond donors (Lipinski definition) is 2. The van der Waals surface area contributed by atoms with Gasteiger partial charge in [0.2, 0.25) is 0 Å². The number of nitrogens with two attached hydrogens (primary N) is 1. The summed E-state index contributed by atoms with van der Waals surface area (Å²) in [6.07, 6.45) is 0.365. The molecule has 0 fully saturated rings. The van der Waals surface area contributed by atoms with Crippen LogP contribution in [0.15, 0.2) is 23.7 Å². The molecule has 2 rings (SSSR count). The molecule has 0 amide bonds. The molecule has 0 radical (unpaired) electrons. The van der Waals surface area contributed by atoms with E-state index in [1.807, 2.05) is 26.3 Å². The van der Waals surface area contributed by atoms with Gasteiger partial charge in [-0.2, -0.15) is 0 Å². The van der Waals surface area contributed by atoms with Crippen molar-refractivity contribution in [1.82, 2.24) is 10.3 Å². The number of fused-ring (bicyclic) bond motifs is 1. The zero-order valence-corrected chi connectivity index (χ0v) is 17.7. The lowest BCUT2D eigenvalue weighted by molar-refractivity contribution is -0.119. The second-order valence-corrected chi connectivity index (χ2v) is 9.66. The zero-order chi connectivity index (χ0) is 19.3. The Kier molecular flexibility index (Phi) is 7.69. The average Bonchev–Trinajstić information content (AvgIpc) is 3.07. The number of nitrogens with one attached hydrogen (secondary N) is 1. The van der Waals surface area contributed by atoms with Gasteiger partial charge >= 0.3 is 0 Å². The van der Waals surface area contributed by atoms with E-state index in [0.29, 0.717) is 13.0 Å². The molecule has 26 heavy (non-hydrogen) atoms. The van der Waals surface area contributed by atoms with Crippen LogP contribution < -0.4 is 10.5 Å². The molecule has 1 aromatic heterocycles. The summed E-state index contributed by atoms with van der Waals surface area (Å²) in [5, 5.41) is 9.20. The van der Waals surface area contributed by atoms with Crippen molar-refractivity contribution in [2.45, 2.75) is 50.2 Å². The first kappa shape index (κ1) is 21.4. The summed E-state index contributed by atoms with van der Waals surface area (Å²) in [6.45, 7) is 6.59. The van der Waals surface area contributed by atoms with Crippen LogP contribution in [0.2, 0.25) is 0 Å². The predicted molar refractivity (Wildman–Crippen MR) is 109 cm³/mol. The monoisotopic (exact) mass is 399 g/mol. The standard InChI is InChI=1S/C18H29N3O3S2/c1-12(17(23-4)24-5)20-10-14(9-18(2,3)26(19)22)13-6-7-16-15(8-13)21-11-25-16/h6-8,11-12,14,17,20H,9-10,19H2,1-5H3. The van der Waals surface area contributed by atoms with Crippen LogP contribution >= 0.6 is 11.3 Å². The maximum absolute atomic E-state index is 12.0. The Morgan fingerprint density at radius 1 is 1.35 bits per heavy atom. The number of ether oxygens (including phenoxy) is 2. The van der Waals surface area contributed by atoms with Crippen molar-refractivity contribution >= 4 is 32.5 Å². The molecule has 0 spiro atoms. The van der Waals surface area contributed by atoms with Crippen LogP contribution in [0.3, 0.4) is 0 Å². The lowest BCUT2D eigenvalue weighted by Crippen LogP contribution is -2.43. The molecule has 3 N–H and O–H groups in total. The second kappa shape index (κ2) is 9.34. The second-order valence-electron chi connectivity index (χ2n) is 7.07. The van der Waals surface area contributed by atoms with E-state index in [2.05, 4.69) is 28.5 Å². The van der Waals surface area contributed by atoms with Crippen LogP contribution in [-0.4, -0.2) is 47.0 Å². The van der Waals surface area contributed by atoms with E-state index >= 15 is 0 Å². The van der Waals surface area contributed by atoms with Crippen LogP contribution in [-0.2, 0) is 20.5 Å². The van der Waals surface area contributed by atoms with Crippen molar-refractivity contribution in [3.8, 4) is 0 Å². The van der Waals surface area contributed by atoms with E-state index < -0.39 is 15.7 Å². The van der Waals surface area contributed by atoms with Gasteiger partial charge in [0.15, 0.2) is 6.29 Å². The summed E-state index contributed by atoms with van der Waals surface area (Å²) in [6, 6.07) is 6.35. The third-order valence-electron chi connectivity index (χ3n) is 4.67. The molecule has 0 aliphatic rings. The molecule has 0 saturated carbocycles. The summed E-state index contributed by atoms with van der Waals surface area (Å²) in [4.78, 5) is 4.42.